The standard InChI is InChI=1S/C22H21N3O2/c1-22(2,3)21(26)27-25-20(16-13-23-18-11-7-5-9-15(16)18)19-12-14-8-4-6-10-17(14)24-19/h4-13,23-24H,1-3H3. The summed E-state index contributed by atoms with van der Waals surface area (Å²) in [6.45, 7) is 5.41. The quantitative estimate of drug-likeness (QED) is 0.307. The minimum absolute atomic E-state index is 0.379. The molecular formula is C22H21N3O2. The Morgan fingerprint density at radius 2 is 1.70 bits per heavy atom. The van der Waals surface area contributed by atoms with E-state index in [1.807, 2.05) is 60.8 Å². The SMILES string of the molecule is CC(C)(C)C(=O)ON=C(c1cc2ccccc2[nH]1)c1c[nH]c2ccccc12. The van der Waals surface area contributed by atoms with Crippen LogP contribution >= 0.6 is 0 Å². The van der Waals surface area contributed by atoms with Gasteiger partial charge < -0.3 is 14.8 Å². The molecular weight excluding hydrogens is 338 g/mol. The molecule has 5 nitrogen and oxygen atoms in total. The highest BCUT2D eigenvalue weighted by Gasteiger charge is 2.24. The number of nitrogens with one attached hydrogen (secondary N) is 2. The van der Waals surface area contributed by atoms with E-state index >= 15 is 0 Å². The van der Waals surface area contributed by atoms with E-state index in [1.54, 1.807) is 20.8 Å². The van der Waals surface area contributed by atoms with Gasteiger partial charge in [-0.3, -0.25) is 0 Å². The highest BCUT2D eigenvalue weighted by atomic mass is 16.7. The summed E-state index contributed by atoms with van der Waals surface area (Å²) in [6.07, 6.45) is 1.89. The number of aromatic nitrogens is 2. The van der Waals surface area contributed by atoms with Crippen molar-refractivity contribution < 1.29 is 9.63 Å². The molecule has 0 radical (unpaired) electrons. The summed E-state index contributed by atoms with van der Waals surface area (Å²) < 4.78 is 0. The number of para-hydroxylation sites is 2. The maximum atomic E-state index is 12.3. The Kier molecular flexibility index (Phi) is 4.07. The fourth-order valence-electron chi connectivity index (χ4n) is 2.94. The summed E-state index contributed by atoms with van der Waals surface area (Å²) in [5.41, 5.74) is 3.62. The molecule has 2 heterocycles. The third-order valence-electron chi connectivity index (χ3n) is 4.46. The van der Waals surface area contributed by atoms with Gasteiger partial charge in [0.2, 0.25) is 0 Å². The molecule has 0 spiro atoms. The second-order valence-electron chi connectivity index (χ2n) is 7.59. The van der Waals surface area contributed by atoms with Crippen molar-refractivity contribution >= 4 is 33.5 Å². The summed E-state index contributed by atoms with van der Waals surface area (Å²) in [6, 6.07) is 18.0. The fourth-order valence-corrected chi connectivity index (χ4v) is 2.94. The first-order valence-electron chi connectivity index (χ1n) is 8.87. The van der Waals surface area contributed by atoms with Gasteiger partial charge in [-0.25, -0.2) is 4.79 Å². The molecule has 2 N–H and O–H groups in total. The van der Waals surface area contributed by atoms with Crippen molar-refractivity contribution in [2.45, 2.75) is 20.8 Å². The van der Waals surface area contributed by atoms with Gasteiger partial charge >= 0.3 is 5.97 Å². The van der Waals surface area contributed by atoms with Crippen LogP contribution in [0.5, 0.6) is 0 Å². The molecule has 0 aliphatic heterocycles. The number of hydrogen-bond acceptors (Lipinski definition) is 3. The first kappa shape index (κ1) is 17.1. The lowest BCUT2D eigenvalue weighted by atomic mass is 9.98. The molecule has 0 amide bonds. The van der Waals surface area contributed by atoms with Gasteiger partial charge in [0.15, 0.2) is 0 Å². The van der Waals surface area contributed by atoms with Crippen molar-refractivity contribution in [1.82, 2.24) is 9.97 Å². The monoisotopic (exact) mass is 359 g/mol. The van der Waals surface area contributed by atoms with Crippen molar-refractivity contribution in [2.75, 3.05) is 0 Å². The zero-order valence-electron chi connectivity index (χ0n) is 15.5. The van der Waals surface area contributed by atoms with Crippen LogP contribution in [-0.2, 0) is 9.63 Å². The Bertz CT molecular complexity index is 1130. The lowest BCUT2D eigenvalue weighted by molar-refractivity contribution is -0.152. The third-order valence-corrected chi connectivity index (χ3v) is 4.46. The van der Waals surface area contributed by atoms with Crippen LogP contribution < -0.4 is 0 Å². The van der Waals surface area contributed by atoms with Gasteiger partial charge in [0.25, 0.3) is 0 Å². The van der Waals surface area contributed by atoms with E-state index in [9.17, 15) is 4.79 Å². The Morgan fingerprint density at radius 1 is 1.00 bits per heavy atom. The van der Waals surface area contributed by atoms with Crippen molar-refractivity contribution in [3.05, 3.63) is 72.1 Å². The average Bonchev–Trinajstić information content (AvgIpc) is 3.25. The van der Waals surface area contributed by atoms with Crippen LogP contribution in [0.2, 0.25) is 0 Å². The number of aromatic amines is 2. The van der Waals surface area contributed by atoms with Gasteiger partial charge in [0, 0.05) is 33.6 Å². The van der Waals surface area contributed by atoms with Gasteiger partial charge in [0.1, 0.15) is 5.71 Å². The molecule has 0 fully saturated rings. The van der Waals surface area contributed by atoms with Gasteiger partial charge in [-0.15, -0.1) is 0 Å². The normalized spacial score (nSPS) is 12.6. The fraction of sp³-hybridized carbons (Fsp3) is 0.182. The van der Waals surface area contributed by atoms with E-state index < -0.39 is 5.41 Å². The van der Waals surface area contributed by atoms with Crippen molar-refractivity contribution in [1.29, 1.82) is 0 Å². The number of carbonyl (C=O) groups is 1. The second kappa shape index (κ2) is 6.43. The smallest absolute Gasteiger partial charge is 0.340 e. The third kappa shape index (κ3) is 3.24. The number of nitrogens with zero attached hydrogens (tertiary/aromatic N) is 1. The highest BCUT2D eigenvalue weighted by molar-refractivity contribution is 6.19. The molecule has 4 rings (SSSR count). The Morgan fingerprint density at radius 3 is 2.44 bits per heavy atom. The molecule has 4 aromatic rings. The van der Waals surface area contributed by atoms with Crippen LogP contribution in [0.25, 0.3) is 21.8 Å². The van der Waals surface area contributed by atoms with Gasteiger partial charge in [0.05, 0.1) is 11.1 Å². The van der Waals surface area contributed by atoms with Crippen molar-refractivity contribution in [3.63, 3.8) is 0 Å². The van der Waals surface area contributed by atoms with Crippen LogP contribution in [0.3, 0.4) is 0 Å². The number of fused-ring (bicyclic) bond motifs is 2. The molecule has 136 valence electrons. The molecule has 0 saturated carbocycles. The first-order valence-corrected chi connectivity index (χ1v) is 8.87. The number of rotatable bonds is 3. The number of oxime groups is 1. The van der Waals surface area contributed by atoms with E-state index in [1.165, 1.54) is 0 Å². The molecule has 0 saturated heterocycles. The molecule has 27 heavy (non-hydrogen) atoms. The molecule has 0 aliphatic carbocycles. The highest BCUT2D eigenvalue weighted by Crippen LogP contribution is 2.24. The van der Waals surface area contributed by atoms with Crippen LogP contribution in [0, 0.1) is 5.41 Å². The molecule has 2 aromatic carbocycles. The van der Waals surface area contributed by atoms with Crippen LogP contribution in [0.15, 0.2) is 65.9 Å². The Balaban J connectivity index is 1.85. The minimum Gasteiger partial charge on any atom is -0.360 e. The van der Waals surface area contributed by atoms with Gasteiger partial charge in [-0.05, 0) is 39.0 Å². The largest absolute Gasteiger partial charge is 0.360 e. The Labute approximate surface area is 157 Å². The lowest BCUT2D eigenvalue weighted by Gasteiger charge is -2.13. The molecule has 0 unspecified atom stereocenters. The number of benzene rings is 2. The van der Waals surface area contributed by atoms with E-state index in [0.717, 1.165) is 33.1 Å². The summed E-state index contributed by atoms with van der Waals surface area (Å²) in [4.78, 5) is 24.2. The first-order chi connectivity index (χ1) is 12.9. The van der Waals surface area contributed by atoms with Crippen molar-refractivity contribution in [2.24, 2.45) is 10.6 Å². The molecule has 2 aromatic heterocycles. The van der Waals surface area contributed by atoms with E-state index in [0.29, 0.717) is 5.71 Å². The minimum atomic E-state index is -0.630. The zero-order valence-corrected chi connectivity index (χ0v) is 15.5. The van der Waals surface area contributed by atoms with E-state index in [-0.39, 0.29) is 5.97 Å². The summed E-state index contributed by atoms with van der Waals surface area (Å²) in [7, 11) is 0. The summed E-state index contributed by atoms with van der Waals surface area (Å²) in [5, 5.41) is 6.35. The molecule has 0 bridgehead atoms. The summed E-state index contributed by atoms with van der Waals surface area (Å²) in [5.74, 6) is -0.379. The Hall–Kier alpha value is -3.34. The van der Waals surface area contributed by atoms with E-state index in [4.69, 9.17) is 4.84 Å². The van der Waals surface area contributed by atoms with Crippen molar-refractivity contribution in [3.8, 4) is 0 Å². The van der Waals surface area contributed by atoms with Crippen LogP contribution in [0.4, 0.5) is 0 Å². The van der Waals surface area contributed by atoms with Crippen LogP contribution in [0.1, 0.15) is 32.0 Å². The van der Waals surface area contributed by atoms with Gasteiger partial charge in [-0.2, -0.15) is 0 Å². The predicted molar refractivity (Wildman–Crippen MR) is 108 cm³/mol. The predicted octanol–water partition coefficient (Wildman–Crippen LogP) is 4.99. The lowest BCUT2D eigenvalue weighted by Crippen LogP contribution is -2.21. The number of hydrogen-bond donors (Lipinski definition) is 2. The summed E-state index contributed by atoms with van der Waals surface area (Å²) >= 11 is 0. The number of H-pyrrole nitrogens is 2. The molecule has 0 aliphatic rings. The molecule has 5 heteroatoms. The topological polar surface area (TPSA) is 70.2 Å². The zero-order chi connectivity index (χ0) is 19.0. The average molecular weight is 359 g/mol. The van der Waals surface area contributed by atoms with Gasteiger partial charge in [-0.1, -0.05) is 41.6 Å². The number of carbonyl (C=O) groups excluding carboxylic acids is 1. The van der Waals surface area contributed by atoms with E-state index in [2.05, 4.69) is 15.1 Å². The maximum Gasteiger partial charge on any atom is 0.340 e. The van der Waals surface area contributed by atoms with Crippen LogP contribution in [-0.4, -0.2) is 21.6 Å². The molecule has 0 atom stereocenters. The second-order valence-corrected chi connectivity index (χ2v) is 7.59. The maximum absolute atomic E-state index is 12.3.